The van der Waals surface area contributed by atoms with E-state index in [2.05, 4.69) is 10.3 Å². The number of aliphatic hydroxyl groups excluding tert-OH is 1. The van der Waals surface area contributed by atoms with Crippen molar-refractivity contribution in [2.75, 3.05) is 20.2 Å². The standard InChI is InChI=1S/C11H19N3O2S/c1-8(7-15)14(3)11(16)12-5-4-10-13-6-9(2)17-10/h6,8,15H,4-5,7H2,1-3H3,(H,12,16). The molecule has 0 fully saturated rings. The van der Waals surface area contributed by atoms with Gasteiger partial charge in [-0.2, -0.15) is 0 Å². The maximum Gasteiger partial charge on any atom is 0.317 e. The van der Waals surface area contributed by atoms with Crippen molar-refractivity contribution in [2.45, 2.75) is 26.3 Å². The zero-order chi connectivity index (χ0) is 12.8. The molecule has 17 heavy (non-hydrogen) atoms. The number of aliphatic hydroxyl groups is 1. The van der Waals surface area contributed by atoms with Crippen LogP contribution in [-0.2, 0) is 6.42 Å². The molecule has 0 bridgehead atoms. The van der Waals surface area contributed by atoms with Crippen LogP contribution in [0.1, 0.15) is 16.8 Å². The van der Waals surface area contributed by atoms with Crippen molar-refractivity contribution in [3.63, 3.8) is 0 Å². The smallest absolute Gasteiger partial charge is 0.317 e. The summed E-state index contributed by atoms with van der Waals surface area (Å²) in [7, 11) is 1.67. The molecular formula is C11H19N3O2S. The number of nitrogens with zero attached hydrogens (tertiary/aromatic N) is 2. The maximum absolute atomic E-state index is 11.6. The molecule has 1 atom stereocenters. The van der Waals surface area contributed by atoms with Crippen LogP contribution in [0.3, 0.4) is 0 Å². The average Bonchev–Trinajstić information content (AvgIpc) is 2.72. The molecule has 0 aromatic carbocycles. The van der Waals surface area contributed by atoms with E-state index in [1.165, 1.54) is 9.78 Å². The number of carbonyl (C=O) groups is 1. The van der Waals surface area contributed by atoms with Gasteiger partial charge in [-0.25, -0.2) is 9.78 Å². The third-order valence-electron chi connectivity index (χ3n) is 2.53. The molecule has 0 aliphatic carbocycles. The van der Waals surface area contributed by atoms with E-state index in [4.69, 9.17) is 5.11 Å². The summed E-state index contributed by atoms with van der Waals surface area (Å²) in [6.45, 7) is 4.34. The number of aromatic nitrogens is 1. The number of amides is 2. The number of thiazole rings is 1. The van der Waals surface area contributed by atoms with Crippen molar-refractivity contribution >= 4 is 17.4 Å². The summed E-state index contributed by atoms with van der Waals surface area (Å²) in [5.74, 6) is 0. The first-order valence-corrected chi connectivity index (χ1v) is 6.39. The van der Waals surface area contributed by atoms with Gasteiger partial charge < -0.3 is 15.3 Å². The van der Waals surface area contributed by atoms with Gasteiger partial charge in [-0.3, -0.25) is 0 Å². The number of likely N-dealkylation sites (N-methyl/N-ethyl adjacent to an activating group) is 1. The minimum atomic E-state index is -0.169. The zero-order valence-electron chi connectivity index (χ0n) is 10.4. The Morgan fingerprint density at radius 1 is 1.71 bits per heavy atom. The van der Waals surface area contributed by atoms with Crippen molar-refractivity contribution in [1.29, 1.82) is 0 Å². The summed E-state index contributed by atoms with van der Waals surface area (Å²) in [6.07, 6.45) is 2.58. The lowest BCUT2D eigenvalue weighted by molar-refractivity contribution is 0.157. The molecule has 1 heterocycles. The molecule has 0 aliphatic heterocycles. The predicted molar refractivity (Wildman–Crippen MR) is 68.3 cm³/mol. The first-order chi connectivity index (χ1) is 8.04. The van der Waals surface area contributed by atoms with Crippen LogP contribution in [0.5, 0.6) is 0 Å². The van der Waals surface area contributed by atoms with Crippen LogP contribution in [0, 0.1) is 6.92 Å². The first kappa shape index (κ1) is 13.9. The van der Waals surface area contributed by atoms with Crippen molar-refractivity contribution in [3.05, 3.63) is 16.1 Å². The predicted octanol–water partition coefficient (Wildman–Crippen LogP) is 1.02. The Balaban J connectivity index is 2.29. The number of hydrogen-bond donors (Lipinski definition) is 2. The summed E-state index contributed by atoms with van der Waals surface area (Å²) >= 11 is 1.64. The number of rotatable bonds is 5. The average molecular weight is 257 g/mol. The van der Waals surface area contributed by atoms with Gasteiger partial charge in [0.05, 0.1) is 17.7 Å². The van der Waals surface area contributed by atoms with Gasteiger partial charge in [0.15, 0.2) is 0 Å². The second kappa shape index (κ2) is 6.56. The highest BCUT2D eigenvalue weighted by atomic mass is 32.1. The molecule has 0 radical (unpaired) electrons. The Labute approximate surface area is 105 Å². The minimum Gasteiger partial charge on any atom is -0.394 e. The molecule has 2 amide bonds. The Kier molecular flexibility index (Phi) is 5.37. The lowest BCUT2D eigenvalue weighted by atomic mass is 10.3. The second-order valence-electron chi connectivity index (χ2n) is 3.99. The van der Waals surface area contributed by atoms with E-state index in [-0.39, 0.29) is 18.7 Å². The van der Waals surface area contributed by atoms with Gasteiger partial charge in [-0.15, -0.1) is 11.3 Å². The lowest BCUT2D eigenvalue weighted by Crippen LogP contribution is -2.44. The highest BCUT2D eigenvalue weighted by Gasteiger charge is 2.13. The van der Waals surface area contributed by atoms with E-state index < -0.39 is 0 Å². The van der Waals surface area contributed by atoms with E-state index >= 15 is 0 Å². The summed E-state index contributed by atoms with van der Waals surface area (Å²) in [5, 5.41) is 12.8. The molecule has 0 spiro atoms. The zero-order valence-corrected chi connectivity index (χ0v) is 11.3. The fraction of sp³-hybridized carbons (Fsp3) is 0.636. The number of nitrogens with one attached hydrogen (secondary N) is 1. The van der Waals surface area contributed by atoms with Crippen LogP contribution in [0.15, 0.2) is 6.20 Å². The van der Waals surface area contributed by atoms with Crippen molar-refractivity contribution in [2.24, 2.45) is 0 Å². The van der Waals surface area contributed by atoms with Gasteiger partial charge in [0.1, 0.15) is 0 Å². The molecule has 1 aromatic rings. The summed E-state index contributed by atoms with van der Waals surface area (Å²) in [5.41, 5.74) is 0. The Hall–Kier alpha value is -1.14. The minimum absolute atomic E-state index is 0.0321. The summed E-state index contributed by atoms with van der Waals surface area (Å²) in [4.78, 5) is 18.5. The molecule has 96 valence electrons. The van der Waals surface area contributed by atoms with Gasteiger partial charge in [-0.1, -0.05) is 0 Å². The number of urea groups is 1. The van der Waals surface area contributed by atoms with E-state index in [1.54, 1.807) is 25.3 Å². The van der Waals surface area contributed by atoms with Crippen molar-refractivity contribution in [3.8, 4) is 0 Å². The molecular weight excluding hydrogens is 238 g/mol. The second-order valence-corrected chi connectivity index (χ2v) is 5.31. The Morgan fingerprint density at radius 2 is 2.41 bits per heavy atom. The van der Waals surface area contributed by atoms with Crippen LogP contribution in [0.25, 0.3) is 0 Å². The van der Waals surface area contributed by atoms with E-state index in [9.17, 15) is 4.79 Å². The molecule has 0 saturated carbocycles. The third-order valence-corrected chi connectivity index (χ3v) is 3.50. The van der Waals surface area contributed by atoms with Gasteiger partial charge in [0.25, 0.3) is 0 Å². The molecule has 0 saturated heterocycles. The highest BCUT2D eigenvalue weighted by molar-refractivity contribution is 7.11. The monoisotopic (exact) mass is 257 g/mol. The van der Waals surface area contributed by atoms with Gasteiger partial charge in [0.2, 0.25) is 0 Å². The Morgan fingerprint density at radius 3 is 2.94 bits per heavy atom. The summed E-state index contributed by atoms with van der Waals surface area (Å²) < 4.78 is 0. The first-order valence-electron chi connectivity index (χ1n) is 5.57. The van der Waals surface area contributed by atoms with E-state index in [1.807, 2.05) is 13.1 Å². The number of hydrogen-bond acceptors (Lipinski definition) is 4. The van der Waals surface area contributed by atoms with Crippen LogP contribution in [0.4, 0.5) is 4.79 Å². The van der Waals surface area contributed by atoms with Gasteiger partial charge in [0, 0.05) is 31.1 Å². The maximum atomic E-state index is 11.6. The topological polar surface area (TPSA) is 65.5 Å². The van der Waals surface area contributed by atoms with Crippen LogP contribution in [0.2, 0.25) is 0 Å². The summed E-state index contributed by atoms with van der Waals surface area (Å²) in [6, 6.07) is -0.336. The highest BCUT2D eigenvalue weighted by Crippen LogP contribution is 2.10. The SMILES string of the molecule is Cc1cnc(CCNC(=O)N(C)C(C)CO)s1. The molecule has 1 aromatic heterocycles. The molecule has 0 aliphatic rings. The quantitative estimate of drug-likeness (QED) is 0.827. The number of aryl methyl sites for hydroxylation is 1. The van der Waals surface area contributed by atoms with Crippen LogP contribution >= 0.6 is 11.3 Å². The number of carbonyl (C=O) groups excluding carboxylic acids is 1. The van der Waals surface area contributed by atoms with Crippen molar-refractivity contribution < 1.29 is 9.90 Å². The van der Waals surface area contributed by atoms with Gasteiger partial charge >= 0.3 is 6.03 Å². The van der Waals surface area contributed by atoms with Crippen LogP contribution < -0.4 is 5.32 Å². The largest absolute Gasteiger partial charge is 0.394 e. The Bertz CT molecular complexity index is 367. The van der Waals surface area contributed by atoms with Crippen molar-refractivity contribution in [1.82, 2.24) is 15.2 Å². The van der Waals surface area contributed by atoms with Gasteiger partial charge in [-0.05, 0) is 13.8 Å². The molecule has 5 nitrogen and oxygen atoms in total. The third kappa shape index (κ3) is 4.32. The van der Waals surface area contributed by atoms with Crippen LogP contribution in [-0.4, -0.2) is 47.3 Å². The lowest BCUT2D eigenvalue weighted by Gasteiger charge is -2.23. The fourth-order valence-electron chi connectivity index (χ4n) is 1.24. The fourth-order valence-corrected chi connectivity index (χ4v) is 2.03. The van der Waals surface area contributed by atoms with E-state index in [0.717, 1.165) is 11.4 Å². The molecule has 1 unspecified atom stereocenters. The van der Waals surface area contributed by atoms with E-state index in [0.29, 0.717) is 6.54 Å². The molecule has 1 rings (SSSR count). The molecule has 2 N–H and O–H groups in total. The molecule has 6 heteroatoms. The normalized spacial score (nSPS) is 12.2.